The molecule has 0 unspecified atom stereocenters. The van der Waals surface area contributed by atoms with Crippen molar-refractivity contribution in [3.63, 3.8) is 0 Å². The van der Waals surface area contributed by atoms with Crippen molar-refractivity contribution in [1.29, 1.82) is 0 Å². The van der Waals surface area contributed by atoms with Gasteiger partial charge in [0.2, 0.25) is 5.91 Å². The van der Waals surface area contributed by atoms with E-state index in [1.165, 1.54) is 0 Å². The van der Waals surface area contributed by atoms with Gasteiger partial charge in [-0.25, -0.2) is 0 Å². The maximum atomic E-state index is 11.7. The van der Waals surface area contributed by atoms with Crippen LogP contribution in [0.3, 0.4) is 0 Å². The summed E-state index contributed by atoms with van der Waals surface area (Å²) in [6.45, 7) is 0. The molecule has 2 nitrogen and oxygen atoms in total. The number of hydrogen-bond acceptors (Lipinski definition) is 3. The summed E-state index contributed by atoms with van der Waals surface area (Å²) in [6.07, 6.45) is 0. The molecule has 2 heterocycles. The average molecular weight is 330 g/mol. The van der Waals surface area contributed by atoms with Gasteiger partial charge in [0.25, 0.3) is 0 Å². The predicted molar refractivity (Wildman–Crippen MR) is 83.7 cm³/mol. The third-order valence-corrected chi connectivity index (χ3v) is 5.87. The normalized spacial score (nSPS) is 18.6. The Morgan fingerprint density at radius 2 is 1.95 bits per heavy atom. The molecule has 98 valence electrons. The van der Waals surface area contributed by atoms with Crippen LogP contribution in [-0.2, 0) is 4.79 Å². The van der Waals surface area contributed by atoms with Crippen LogP contribution >= 0.6 is 46.3 Å². The second-order valence-electron chi connectivity index (χ2n) is 4.07. The van der Waals surface area contributed by atoms with Crippen molar-refractivity contribution in [2.24, 2.45) is 0 Å². The Kier molecular flexibility index (Phi) is 3.76. The molecule has 1 amide bonds. The SMILES string of the molecule is O=C1CS[C@H](c2c(Cl)cccc2Cl)c2sccc2N1. The maximum Gasteiger partial charge on any atom is 0.234 e. The minimum atomic E-state index is -0.00449. The zero-order valence-corrected chi connectivity index (χ0v) is 12.8. The van der Waals surface area contributed by atoms with Crippen molar-refractivity contribution in [1.82, 2.24) is 0 Å². The van der Waals surface area contributed by atoms with Crippen molar-refractivity contribution in [3.05, 3.63) is 50.1 Å². The third-order valence-electron chi connectivity index (χ3n) is 2.85. The van der Waals surface area contributed by atoms with Crippen molar-refractivity contribution in [3.8, 4) is 0 Å². The van der Waals surface area contributed by atoms with Gasteiger partial charge in [-0.2, -0.15) is 0 Å². The number of amides is 1. The smallest absolute Gasteiger partial charge is 0.234 e. The van der Waals surface area contributed by atoms with Gasteiger partial charge in [-0.15, -0.1) is 23.1 Å². The minimum absolute atomic E-state index is 0.00449. The third kappa shape index (κ3) is 2.50. The number of thioether (sulfide) groups is 1. The van der Waals surface area contributed by atoms with Gasteiger partial charge in [-0.3, -0.25) is 4.79 Å². The number of carbonyl (C=O) groups excluding carboxylic acids is 1. The lowest BCUT2D eigenvalue weighted by atomic mass is 10.1. The lowest BCUT2D eigenvalue weighted by Gasteiger charge is -2.17. The summed E-state index contributed by atoms with van der Waals surface area (Å²) < 4.78 is 0. The number of fused-ring (bicyclic) bond motifs is 1. The molecule has 19 heavy (non-hydrogen) atoms. The Morgan fingerprint density at radius 3 is 2.68 bits per heavy atom. The lowest BCUT2D eigenvalue weighted by Crippen LogP contribution is -2.11. The molecule has 0 bridgehead atoms. The largest absolute Gasteiger partial charge is 0.324 e. The number of halogens is 2. The van der Waals surface area contributed by atoms with E-state index in [0.29, 0.717) is 15.8 Å². The van der Waals surface area contributed by atoms with Crippen LogP contribution in [0, 0.1) is 0 Å². The first kappa shape index (κ1) is 13.3. The summed E-state index contributed by atoms with van der Waals surface area (Å²) >= 11 is 15.7. The number of carbonyl (C=O) groups is 1. The second-order valence-corrected chi connectivity index (χ2v) is 6.93. The Bertz CT molecular complexity index is 621. The maximum absolute atomic E-state index is 11.7. The zero-order chi connectivity index (χ0) is 13.4. The topological polar surface area (TPSA) is 29.1 Å². The predicted octanol–water partition coefficient (Wildman–Crippen LogP) is 4.83. The summed E-state index contributed by atoms with van der Waals surface area (Å²) in [5.74, 6) is 0.406. The van der Waals surface area contributed by atoms with Gasteiger partial charge < -0.3 is 5.32 Å². The molecule has 0 fully saturated rings. The van der Waals surface area contributed by atoms with Crippen LogP contribution in [-0.4, -0.2) is 11.7 Å². The van der Waals surface area contributed by atoms with Crippen molar-refractivity contribution < 1.29 is 4.79 Å². The summed E-state index contributed by atoms with van der Waals surface area (Å²) in [5, 5.41) is 6.14. The van der Waals surface area contributed by atoms with Gasteiger partial charge in [0.05, 0.1) is 16.7 Å². The molecule has 0 radical (unpaired) electrons. The van der Waals surface area contributed by atoms with Crippen LogP contribution < -0.4 is 5.32 Å². The van der Waals surface area contributed by atoms with E-state index in [-0.39, 0.29) is 11.2 Å². The van der Waals surface area contributed by atoms with E-state index in [9.17, 15) is 4.79 Å². The Labute approximate surface area is 129 Å². The number of rotatable bonds is 1. The molecule has 1 aliphatic heterocycles. The summed E-state index contributed by atoms with van der Waals surface area (Å²) in [4.78, 5) is 12.8. The Hall–Kier alpha value is -0.680. The fourth-order valence-electron chi connectivity index (χ4n) is 2.02. The van der Waals surface area contributed by atoms with Crippen LogP contribution in [0.25, 0.3) is 0 Å². The molecule has 1 atom stereocenters. The Balaban J connectivity index is 2.13. The summed E-state index contributed by atoms with van der Waals surface area (Å²) in [7, 11) is 0. The first-order valence-corrected chi connectivity index (χ1v) is 8.28. The van der Waals surface area contributed by atoms with E-state index in [1.54, 1.807) is 23.1 Å². The first-order chi connectivity index (χ1) is 9.16. The number of thiophene rings is 1. The average Bonchev–Trinajstić information content (AvgIpc) is 2.75. The van der Waals surface area contributed by atoms with Crippen molar-refractivity contribution in [2.45, 2.75) is 5.25 Å². The molecule has 2 aromatic rings. The molecule has 0 aliphatic carbocycles. The second kappa shape index (κ2) is 5.37. The van der Waals surface area contributed by atoms with Crippen LogP contribution in [0.2, 0.25) is 10.0 Å². The van der Waals surface area contributed by atoms with Gasteiger partial charge in [0, 0.05) is 20.5 Å². The van der Waals surface area contributed by atoms with Gasteiger partial charge in [-0.1, -0.05) is 29.3 Å². The van der Waals surface area contributed by atoms with Gasteiger partial charge in [0.15, 0.2) is 0 Å². The van der Waals surface area contributed by atoms with Crippen molar-refractivity contribution >= 4 is 57.9 Å². The molecular weight excluding hydrogens is 321 g/mol. The molecule has 1 N–H and O–H groups in total. The van der Waals surface area contributed by atoms with Gasteiger partial charge >= 0.3 is 0 Å². The molecule has 1 aromatic carbocycles. The monoisotopic (exact) mass is 329 g/mol. The Morgan fingerprint density at radius 1 is 1.21 bits per heavy atom. The number of anilines is 1. The fraction of sp³-hybridized carbons (Fsp3) is 0.154. The van der Waals surface area contributed by atoms with E-state index in [2.05, 4.69) is 5.32 Å². The molecule has 1 aliphatic rings. The zero-order valence-electron chi connectivity index (χ0n) is 9.65. The summed E-state index contributed by atoms with van der Waals surface area (Å²) in [5.41, 5.74) is 1.75. The highest BCUT2D eigenvalue weighted by molar-refractivity contribution is 8.00. The minimum Gasteiger partial charge on any atom is -0.324 e. The van der Waals surface area contributed by atoms with E-state index < -0.39 is 0 Å². The lowest BCUT2D eigenvalue weighted by molar-refractivity contribution is -0.113. The van der Waals surface area contributed by atoms with Crippen LogP contribution in [0.5, 0.6) is 0 Å². The highest BCUT2D eigenvalue weighted by Crippen LogP contribution is 2.48. The van der Waals surface area contributed by atoms with Crippen molar-refractivity contribution in [2.75, 3.05) is 11.1 Å². The quantitative estimate of drug-likeness (QED) is 0.811. The first-order valence-electron chi connectivity index (χ1n) is 5.59. The van der Waals surface area contributed by atoms with Gasteiger partial charge in [-0.05, 0) is 23.6 Å². The van der Waals surface area contributed by atoms with Gasteiger partial charge in [0.1, 0.15) is 0 Å². The van der Waals surface area contributed by atoms with Crippen LogP contribution in [0.4, 0.5) is 5.69 Å². The molecule has 0 saturated carbocycles. The molecule has 0 saturated heterocycles. The summed E-state index contributed by atoms with van der Waals surface area (Å²) in [6, 6.07) is 7.41. The fourth-order valence-corrected chi connectivity index (χ4v) is 5.07. The molecule has 6 heteroatoms. The van der Waals surface area contributed by atoms with Crippen LogP contribution in [0.15, 0.2) is 29.6 Å². The van der Waals surface area contributed by atoms with Crippen LogP contribution in [0.1, 0.15) is 15.7 Å². The highest BCUT2D eigenvalue weighted by atomic mass is 35.5. The molecule has 0 spiro atoms. The van der Waals surface area contributed by atoms with E-state index in [0.717, 1.165) is 16.1 Å². The van der Waals surface area contributed by atoms with E-state index in [4.69, 9.17) is 23.2 Å². The number of hydrogen-bond donors (Lipinski definition) is 1. The van der Waals surface area contributed by atoms with E-state index >= 15 is 0 Å². The molecular formula is C13H9Cl2NOS2. The number of benzene rings is 1. The number of nitrogens with one attached hydrogen (secondary N) is 1. The van der Waals surface area contributed by atoms with E-state index in [1.807, 2.05) is 29.6 Å². The molecule has 3 rings (SSSR count). The highest BCUT2D eigenvalue weighted by Gasteiger charge is 2.28. The standard InChI is InChI=1S/C13H9Cl2NOS2/c14-7-2-1-3-8(15)11(7)13-12-9(4-5-18-12)16-10(17)6-19-13/h1-5,13H,6H2,(H,16,17)/t13-/m1/s1. The molecule has 1 aromatic heterocycles.